The number of benzene rings is 2. The number of halogens is 1. The topological polar surface area (TPSA) is 81.2 Å². The molecule has 5 nitrogen and oxygen atoms in total. The molecule has 0 saturated carbocycles. The van der Waals surface area contributed by atoms with Crippen LogP contribution < -0.4 is 11.1 Å². The number of nitrogens with one attached hydrogen (secondary N) is 1. The van der Waals surface area contributed by atoms with Crippen molar-refractivity contribution in [1.82, 2.24) is 5.32 Å². The first-order valence-corrected chi connectivity index (χ1v) is 6.87. The average Bonchev–Trinajstić information content (AvgIpc) is 2.45. The van der Waals surface area contributed by atoms with Crippen LogP contribution in [0.3, 0.4) is 0 Å². The zero-order valence-corrected chi connectivity index (χ0v) is 12.3. The van der Waals surface area contributed by atoms with Gasteiger partial charge in [-0.15, -0.1) is 0 Å². The molecular weight excluding hydrogens is 290 g/mol. The molecule has 6 heteroatoms. The Morgan fingerprint density at radius 3 is 2.76 bits per heavy atom. The Kier molecular flexibility index (Phi) is 4.77. The molecule has 0 aliphatic carbocycles. The van der Waals surface area contributed by atoms with Crippen molar-refractivity contribution in [2.75, 3.05) is 5.73 Å². The molecule has 1 unspecified atom stereocenters. The minimum Gasteiger partial charge on any atom is -0.393 e. The number of nitrogen functional groups attached to an aromatic ring is 1. The third-order valence-electron chi connectivity index (χ3n) is 3.25. The number of nitro benzene ring substituents is 1. The number of hydrogen-bond donors (Lipinski definition) is 2. The van der Waals surface area contributed by atoms with Gasteiger partial charge in [-0.2, -0.15) is 0 Å². The second-order valence-corrected chi connectivity index (χ2v) is 5.24. The molecule has 21 heavy (non-hydrogen) atoms. The summed E-state index contributed by atoms with van der Waals surface area (Å²) in [5.74, 6) is 0. The van der Waals surface area contributed by atoms with E-state index in [-0.39, 0.29) is 17.4 Å². The lowest BCUT2D eigenvalue weighted by molar-refractivity contribution is -0.384. The smallest absolute Gasteiger partial charge is 0.292 e. The van der Waals surface area contributed by atoms with Crippen LogP contribution in [0.25, 0.3) is 0 Å². The average molecular weight is 306 g/mol. The molecule has 1 atom stereocenters. The van der Waals surface area contributed by atoms with Crippen molar-refractivity contribution < 1.29 is 4.92 Å². The highest BCUT2D eigenvalue weighted by Crippen LogP contribution is 2.23. The van der Waals surface area contributed by atoms with Gasteiger partial charge in [-0.3, -0.25) is 10.1 Å². The van der Waals surface area contributed by atoms with Crippen molar-refractivity contribution in [2.24, 2.45) is 0 Å². The molecule has 3 N–H and O–H groups in total. The maximum Gasteiger partial charge on any atom is 0.292 e. The van der Waals surface area contributed by atoms with Crippen molar-refractivity contribution in [1.29, 1.82) is 0 Å². The lowest BCUT2D eigenvalue weighted by atomic mass is 10.1. The Bertz CT molecular complexity index is 661. The largest absolute Gasteiger partial charge is 0.393 e. The molecule has 0 spiro atoms. The van der Waals surface area contributed by atoms with Crippen LogP contribution in [0.15, 0.2) is 42.5 Å². The first kappa shape index (κ1) is 15.3. The number of rotatable bonds is 5. The van der Waals surface area contributed by atoms with Gasteiger partial charge < -0.3 is 11.1 Å². The van der Waals surface area contributed by atoms with Gasteiger partial charge in [-0.05, 0) is 36.2 Å². The van der Waals surface area contributed by atoms with Crippen LogP contribution in [0.2, 0.25) is 5.02 Å². The molecule has 0 saturated heterocycles. The Hall–Kier alpha value is -2.11. The van der Waals surface area contributed by atoms with Crippen LogP contribution in [0.5, 0.6) is 0 Å². The molecule has 0 aliphatic rings. The second kappa shape index (κ2) is 6.56. The zero-order chi connectivity index (χ0) is 15.4. The summed E-state index contributed by atoms with van der Waals surface area (Å²) in [6.07, 6.45) is 0. The Morgan fingerprint density at radius 1 is 1.33 bits per heavy atom. The van der Waals surface area contributed by atoms with Crippen LogP contribution in [-0.4, -0.2) is 4.92 Å². The summed E-state index contributed by atoms with van der Waals surface area (Å²) in [5, 5.41) is 14.9. The van der Waals surface area contributed by atoms with Gasteiger partial charge >= 0.3 is 0 Å². The summed E-state index contributed by atoms with van der Waals surface area (Å²) in [6, 6.07) is 12.5. The van der Waals surface area contributed by atoms with Crippen LogP contribution in [0, 0.1) is 10.1 Å². The Balaban J connectivity index is 2.06. The molecule has 2 aromatic rings. The van der Waals surface area contributed by atoms with E-state index in [0.29, 0.717) is 11.6 Å². The normalized spacial score (nSPS) is 12.1. The van der Waals surface area contributed by atoms with E-state index in [0.717, 1.165) is 11.1 Å². The van der Waals surface area contributed by atoms with E-state index in [9.17, 15) is 10.1 Å². The fourth-order valence-corrected chi connectivity index (χ4v) is 2.22. The molecule has 0 radical (unpaired) electrons. The number of nitrogens with zero attached hydrogens (tertiary/aromatic N) is 1. The molecule has 0 heterocycles. The van der Waals surface area contributed by atoms with Crippen molar-refractivity contribution in [2.45, 2.75) is 19.5 Å². The predicted octanol–water partition coefficient (Wildman–Crippen LogP) is 3.68. The van der Waals surface area contributed by atoms with Crippen molar-refractivity contribution >= 4 is 23.0 Å². The fourth-order valence-electron chi connectivity index (χ4n) is 2.02. The minimum atomic E-state index is -0.473. The summed E-state index contributed by atoms with van der Waals surface area (Å²) in [6.45, 7) is 2.52. The first-order chi connectivity index (χ1) is 9.97. The van der Waals surface area contributed by atoms with Crippen molar-refractivity contribution in [3.05, 3.63) is 68.7 Å². The predicted molar refractivity (Wildman–Crippen MR) is 84.2 cm³/mol. The Labute approximate surface area is 127 Å². The first-order valence-electron chi connectivity index (χ1n) is 6.49. The van der Waals surface area contributed by atoms with Crippen molar-refractivity contribution in [3.63, 3.8) is 0 Å². The fraction of sp³-hybridized carbons (Fsp3) is 0.200. The maximum absolute atomic E-state index is 10.9. The monoisotopic (exact) mass is 305 g/mol. The van der Waals surface area contributed by atoms with Gasteiger partial charge in [0, 0.05) is 23.7 Å². The van der Waals surface area contributed by atoms with Gasteiger partial charge in [0.1, 0.15) is 5.69 Å². The van der Waals surface area contributed by atoms with Crippen molar-refractivity contribution in [3.8, 4) is 0 Å². The number of anilines is 1. The van der Waals surface area contributed by atoms with E-state index < -0.39 is 4.92 Å². The van der Waals surface area contributed by atoms with Crippen LogP contribution in [0.1, 0.15) is 24.1 Å². The SMILES string of the molecule is CC(NCc1ccc(N)c([N+](=O)[O-])c1)c1cccc(Cl)c1. The van der Waals surface area contributed by atoms with Gasteiger partial charge in [0.05, 0.1) is 4.92 Å². The zero-order valence-electron chi connectivity index (χ0n) is 11.5. The summed E-state index contributed by atoms with van der Waals surface area (Å²) < 4.78 is 0. The van der Waals surface area contributed by atoms with Gasteiger partial charge in [-0.25, -0.2) is 0 Å². The summed E-state index contributed by atoms with van der Waals surface area (Å²) in [4.78, 5) is 10.4. The molecule has 2 aromatic carbocycles. The van der Waals surface area contributed by atoms with Gasteiger partial charge in [-0.1, -0.05) is 29.8 Å². The lowest BCUT2D eigenvalue weighted by Gasteiger charge is -2.14. The van der Waals surface area contributed by atoms with E-state index in [1.807, 2.05) is 31.2 Å². The quantitative estimate of drug-likeness (QED) is 0.501. The second-order valence-electron chi connectivity index (χ2n) is 4.81. The highest BCUT2D eigenvalue weighted by atomic mass is 35.5. The van der Waals surface area contributed by atoms with Gasteiger partial charge in [0.25, 0.3) is 5.69 Å². The number of hydrogen-bond acceptors (Lipinski definition) is 4. The third kappa shape index (κ3) is 3.93. The van der Waals surface area contributed by atoms with Crippen LogP contribution in [-0.2, 0) is 6.54 Å². The molecule has 0 aromatic heterocycles. The lowest BCUT2D eigenvalue weighted by Crippen LogP contribution is -2.18. The summed E-state index contributed by atoms with van der Waals surface area (Å²) >= 11 is 5.96. The summed E-state index contributed by atoms with van der Waals surface area (Å²) in [7, 11) is 0. The molecule has 0 aliphatic heterocycles. The summed E-state index contributed by atoms with van der Waals surface area (Å²) in [5.41, 5.74) is 7.56. The van der Waals surface area contributed by atoms with E-state index in [4.69, 9.17) is 17.3 Å². The number of nitro groups is 1. The van der Waals surface area contributed by atoms with Crippen LogP contribution in [0.4, 0.5) is 11.4 Å². The standard InChI is InChI=1S/C15H16ClN3O2/c1-10(12-3-2-4-13(16)8-12)18-9-11-5-6-14(17)15(7-11)19(20)21/h2-8,10,18H,9,17H2,1H3. The molecule has 2 rings (SSSR count). The molecule has 110 valence electrons. The molecular formula is C15H16ClN3O2. The number of nitrogens with two attached hydrogens (primary N) is 1. The van der Waals surface area contributed by atoms with E-state index >= 15 is 0 Å². The molecule has 0 fully saturated rings. The van der Waals surface area contributed by atoms with E-state index in [1.165, 1.54) is 6.07 Å². The third-order valence-corrected chi connectivity index (χ3v) is 3.49. The highest BCUT2D eigenvalue weighted by Gasteiger charge is 2.12. The Morgan fingerprint density at radius 2 is 2.10 bits per heavy atom. The van der Waals surface area contributed by atoms with E-state index in [1.54, 1.807) is 12.1 Å². The highest BCUT2D eigenvalue weighted by molar-refractivity contribution is 6.30. The molecule has 0 amide bonds. The minimum absolute atomic E-state index is 0.0651. The van der Waals surface area contributed by atoms with Gasteiger partial charge in [0.2, 0.25) is 0 Å². The van der Waals surface area contributed by atoms with E-state index in [2.05, 4.69) is 5.32 Å². The van der Waals surface area contributed by atoms with Gasteiger partial charge in [0.15, 0.2) is 0 Å². The van der Waals surface area contributed by atoms with Crippen LogP contribution >= 0.6 is 11.6 Å². The maximum atomic E-state index is 10.9. The molecule has 0 bridgehead atoms.